The normalized spacial score (nSPS) is 13.3. The summed E-state index contributed by atoms with van der Waals surface area (Å²) in [4.78, 5) is 15.7. The van der Waals surface area contributed by atoms with Gasteiger partial charge in [0, 0.05) is 12.4 Å². The summed E-state index contributed by atoms with van der Waals surface area (Å²) < 4.78 is -0.538. The van der Waals surface area contributed by atoms with Crippen LogP contribution in [-0.2, 0) is 4.79 Å². The molecular weight excluding hydrogens is 256 g/mol. The molecule has 4 heteroatoms. The predicted molar refractivity (Wildman–Crippen MR) is 63.8 cm³/mol. The number of carbonyl (C=O) groups excluding carboxylic acids is 1. The quantitative estimate of drug-likeness (QED) is 0.858. The van der Waals surface area contributed by atoms with Gasteiger partial charge in [-0.25, -0.2) is 0 Å². The fourth-order valence-electron chi connectivity index (χ4n) is 1.08. The fourth-order valence-corrected chi connectivity index (χ4v) is 1.20. The van der Waals surface area contributed by atoms with E-state index < -0.39 is 4.32 Å². The molecule has 0 fully saturated rings. The van der Waals surface area contributed by atoms with Crippen molar-refractivity contribution in [2.75, 3.05) is 0 Å². The van der Waals surface area contributed by atoms with Gasteiger partial charge in [0.1, 0.15) is 0 Å². The molecule has 1 aromatic rings. The molecule has 1 rings (SSSR count). The summed E-state index contributed by atoms with van der Waals surface area (Å²) in [5.41, 5.74) is 1.00. The minimum atomic E-state index is -0.538. The molecule has 82 valence electrons. The SMILES string of the molecule is C[C@H](NC(=O)C(C)(C)Br)c1cccnc1. The van der Waals surface area contributed by atoms with Crippen molar-refractivity contribution in [1.29, 1.82) is 0 Å². The van der Waals surface area contributed by atoms with Crippen LogP contribution in [0.15, 0.2) is 24.5 Å². The van der Waals surface area contributed by atoms with Crippen LogP contribution in [0.3, 0.4) is 0 Å². The van der Waals surface area contributed by atoms with Crippen LogP contribution in [0, 0.1) is 0 Å². The molecule has 0 radical (unpaired) electrons. The molecule has 15 heavy (non-hydrogen) atoms. The van der Waals surface area contributed by atoms with Crippen LogP contribution >= 0.6 is 15.9 Å². The number of rotatable bonds is 3. The molecular formula is C11H15BrN2O. The average molecular weight is 271 g/mol. The second-order valence-corrected chi connectivity index (χ2v) is 5.94. The molecule has 1 aromatic heterocycles. The van der Waals surface area contributed by atoms with Crippen LogP contribution in [0.1, 0.15) is 32.4 Å². The van der Waals surface area contributed by atoms with Crippen LogP contribution < -0.4 is 5.32 Å². The first-order chi connectivity index (χ1) is 6.91. The monoisotopic (exact) mass is 270 g/mol. The Bertz CT molecular complexity index is 332. The topological polar surface area (TPSA) is 42.0 Å². The first-order valence-electron chi connectivity index (χ1n) is 4.81. The number of nitrogens with zero attached hydrogens (tertiary/aromatic N) is 1. The Kier molecular flexibility index (Phi) is 3.85. The van der Waals surface area contributed by atoms with Gasteiger partial charge in [-0.15, -0.1) is 0 Å². The molecule has 0 spiro atoms. The van der Waals surface area contributed by atoms with E-state index in [-0.39, 0.29) is 11.9 Å². The lowest BCUT2D eigenvalue weighted by atomic mass is 10.1. The molecule has 0 aliphatic rings. The van der Waals surface area contributed by atoms with E-state index in [2.05, 4.69) is 26.2 Å². The van der Waals surface area contributed by atoms with Gasteiger partial charge >= 0.3 is 0 Å². The van der Waals surface area contributed by atoms with E-state index in [1.165, 1.54) is 0 Å². The van der Waals surface area contributed by atoms with Gasteiger partial charge in [0.15, 0.2) is 0 Å². The lowest BCUT2D eigenvalue weighted by Crippen LogP contribution is -2.38. The van der Waals surface area contributed by atoms with Crippen molar-refractivity contribution < 1.29 is 4.79 Å². The van der Waals surface area contributed by atoms with Crippen molar-refractivity contribution in [2.24, 2.45) is 0 Å². The second kappa shape index (κ2) is 4.75. The van der Waals surface area contributed by atoms with E-state index in [1.54, 1.807) is 12.4 Å². The molecule has 0 aliphatic carbocycles. The molecule has 0 bridgehead atoms. The van der Waals surface area contributed by atoms with Crippen molar-refractivity contribution in [2.45, 2.75) is 31.1 Å². The Morgan fingerprint density at radius 1 is 1.60 bits per heavy atom. The largest absolute Gasteiger partial charge is 0.348 e. The predicted octanol–water partition coefficient (Wildman–Crippen LogP) is 2.43. The van der Waals surface area contributed by atoms with Crippen LogP contribution in [-0.4, -0.2) is 15.2 Å². The summed E-state index contributed by atoms with van der Waals surface area (Å²) in [6, 6.07) is 3.78. The van der Waals surface area contributed by atoms with Gasteiger partial charge in [-0.2, -0.15) is 0 Å². The Morgan fingerprint density at radius 2 is 2.27 bits per heavy atom. The second-order valence-electron chi connectivity index (χ2n) is 3.95. The number of aromatic nitrogens is 1. The summed E-state index contributed by atoms with van der Waals surface area (Å²) in [6.07, 6.45) is 3.47. The number of pyridine rings is 1. The number of halogens is 1. The third-order valence-corrected chi connectivity index (χ3v) is 2.43. The Labute approximate surface area is 98.4 Å². The molecule has 0 saturated carbocycles. The van der Waals surface area contributed by atoms with Gasteiger partial charge in [-0.1, -0.05) is 22.0 Å². The summed E-state index contributed by atoms with van der Waals surface area (Å²) >= 11 is 3.32. The van der Waals surface area contributed by atoms with Gasteiger partial charge in [0.25, 0.3) is 0 Å². The van der Waals surface area contributed by atoms with Crippen molar-refractivity contribution >= 4 is 21.8 Å². The average Bonchev–Trinajstić information content (AvgIpc) is 2.17. The molecule has 0 unspecified atom stereocenters. The molecule has 1 N–H and O–H groups in total. The maximum absolute atomic E-state index is 11.7. The van der Waals surface area contributed by atoms with Gasteiger partial charge < -0.3 is 5.32 Å². The Morgan fingerprint density at radius 3 is 2.73 bits per heavy atom. The standard InChI is InChI=1S/C11H15BrN2O/c1-8(9-5-4-6-13-7-9)14-10(15)11(2,3)12/h4-8H,1-3H3,(H,14,15)/t8-/m0/s1. The van der Waals surface area contributed by atoms with E-state index >= 15 is 0 Å². The molecule has 0 aromatic carbocycles. The van der Waals surface area contributed by atoms with Crippen molar-refractivity contribution in [3.05, 3.63) is 30.1 Å². The number of carbonyl (C=O) groups is 1. The highest BCUT2D eigenvalue weighted by atomic mass is 79.9. The van der Waals surface area contributed by atoms with Gasteiger partial charge in [-0.05, 0) is 32.4 Å². The minimum Gasteiger partial charge on any atom is -0.348 e. The maximum atomic E-state index is 11.7. The summed E-state index contributed by atoms with van der Waals surface area (Å²) in [7, 11) is 0. The lowest BCUT2D eigenvalue weighted by Gasteiger charge is -2.20. The zero-order chi connectivity index (χ0) is 11.5. The Hall–Kier alpha value is -0.900. The number of nitrogens with one attached hydrogen (secondary N) is 1. The third-order valence-electron chi connectivity index (χ3n) is 2.07. The van der Waals surface area contributed by atoms with Crippen molar-refractivity contribution in [1.82, 2.24) is 10.3 Å². The van der Waals surface area contributed by atoms with Crippen LogP contribution in [0.2, 0.25) is 0 Å². The lowest BCUT2D eigenvalue weighted by molar-refractivity contribution is -0.123. The van der Waals surface area contributed by atoms with Crippen molar-refractivity contribution in [3.8, 4) is 0 Å². The first-order valence-corrected chi connectivity index (χ1v) is 5.60. The third kappa shape index (κ3) is 3.63. The number of hydrogen-bond acceptors (Lipinski definition) is 2. The smallest absolute Gasteiger partial charge is 0.236 e. The fraction of sp³-hybridized carbons (Fsp3) is 0.455. The maximum Gasteiger partial charge on any atom is 0.236 e. The zero-order valence-electron chi connectivity index (χ0n) is 9.12. The summed E-state index contributed by atoms with van der Waals surface area (Å²) in [5.74, 6) is -0.0288. The van der Waals surface area contributed by atoms with Gasteiger partial charge in [-0.3, -0.25) is 9.78 Å². The number of amides is 1. The van der Waals surface area contributed by atoms with Crippen LogP contribution in [0.4, 0.5) is 0 Å². The molecule has 0 aliphatic heterocycles. The van der Waals surface area contributed by atoms with E-state index in [9.17, 15) is 4.79 Å². The first kappa shape index (κ1) is 12.2. The van der Waals surface area contributed by atoms with Crippen LogP contribution in [0.5, 0.6) is 0 Å². The summed E-state index contributed by atoms with van der Waals surface area (Å²) in [6.45, 7) is 5.57. The highest BCUT2D eigenvalue weighted by molar-refractivity contribution is 9.10. The van der Waals surface area contributed by atoms with Gasteiger partial charge in [0.05, 0.1) is 10.4 Å². The molecule has 1 atom stereocenters. The van der Waals surface area contributed by atoms with Crippen molar-refractivity contribution in [3.63, 3.8) is 0 Å². The van der Waals surface area contributed by atoms with Gasteiger partial charge in [0.2, 0.25) is 5.91 Å². The molecule has 0 saturated heterocycles. The molecule has 3 nitrogen and oxygen atoms in total. The molecule has 1 heterocycles. The zero-order valence-corrected chi connectivity index (χ0v) is 10.7. The van der Waals surface area contributed by atoms with E-state index in [1.807, 2.05) is 32.9 Å². The highest BCUT2D eigenvalue weighted by Crippen LogP contribution is 2.18. The number of hydrogen-bond donors (Lipinski definition) is 1. The minimum absolute atomic E-state index is 0.0250. The Balaban J connectivity index is 2.65. The summed E-state index contributed by atoms with van der Waals surface area (Å²) in [5, 5.41) is 2.91. The molecule has 1 amide bonds. The van der Waals surface area contributed by atoms with E-state index in [4.69, 9.17) is 0 Å². The highest BCUT2D eigenvalue weighted by Gasteiger charge is 2.24. The van der Waals surface area contributed by atoms with E-state index in [0.717, 1.165) is 5.56 Å². The van der Waals surface area contributed by atoms with E-state index in [0.29, 0.717) is 0 Å². The van der Waals surface area contributed by atoms with Crippen LogP contribution in [0.25, 0.3) is 0 Å². The number of alkyl halides is 1.